The fourth-order valence-corrected chi connectivity index (χ4v) is 2.65. The number of nitrogens with zero attached hydrogens (tertiary/aromatic N) is 2. The van der Waals surface area contributed by atoms with Crippen molar-refractivity contribution in [3.8, 4) is 0 Å². The minimum absolute atomic E-state index is 0.00606. The van der Waals surface area contributed by atoms with Crippen molar-refractivity contribution in [2.45, 2.75) is 16.7 Å². The van der Waals surface area contributed by atoms with Crippen molar-refractivity contribution >= 4 is 32.9 Å². The van der Waals surface area contributed by atoms with Gasteiger partial charge in [0.05, 0.1) is 4.90 Å². The zero-order valence-corrected chi connectivity index (χ0v) is 9.84. The van der Waals surface area contributed by atoms with Crippen LogP contribution >= 0.6 is 11.8 Å². The third-order valence-corrected chi connectivity index (χ3v) is 3.71. The molecule has 0 saturated heterocycles. The second kappa shape index (κ2) is 4.04. The molecule has 16 heavy (non-hydrogen) atoms. The summed E-state index contributed by atoms with van der Waals surface area (Å²) in [4.78, 5) is 0.343. The molecule has 0 bridgehead atoms. The average Bonchev–Trinajstić information content (AvgIpc) is 2.65. The summed E-state index contributed by atoms with van der Waals surface area (Å²) in [7, 11) is -4.55. The lowest BCUT2D eigenvalue weighted by molar-refractivity contribution is 0.314. The maximum absolute atomic E-state index is 10.9. The quantitative estimate of drug-likeness (QED) is 0.604. The Morgan fingerprint density at radius 2 is 2.06 bits per heavy atom. The highest BCUT2D eigenvalue weighted by Gasteiger charge is 2.15. The Labute approximate surface area is 95.7 Å². The number of hydrogen-bond donors (Lipinski definition) is 0. The average molecular weight is 259 g/mol. The van der Waals surface area contributed by atoms with E-state index in [0.29, 0.717) is 5.52 Å². The van der Waals surface area contributed by atoms with E-state index in [2.05, 4.69) is 14.9 Å². The monoisotopic (exact) mass is 259 g/mol. The Morgan fingerprint density at radius 1 is 1.38 bits per heavy atom. The van der Waals surface area contributed by atoms with Gasteiger partial charge < -0.3 is 4.55 Å². The minimum atomic E-state index is -4.55. The van der Waals surface area contributed by atoms with Crippen molar-refractivity contribution in [2.24, 2.45) is 0 Å². The van der Waals surface area contributed by atoms with Crippen molar-refractivity contribution in [3.05, 3.63) is 12.1 Å². The van der Waals surface area contributed by atoms with Crippen molar-refractivity contribution in [1.82, 2.24) is 10.3 Å². The van der Waals surface area contributed by atoms with Crippen LogP contribution in [0.15, 0.2) is 26.6 Å². The van der Waals surface area contributed by atoms with Crippen LogP contribution in [0.1, 0.15) is 6.92 Å². The van der Waals surface area contributed by atoms with Gasteiger partial charge in [-0.3, -0.25) is 0 Å². The fraction of sp³-hybridized carbons (Fsp3) is 0.250. The second-order valence-corrected chi connectivity index (χ2v) is 5.56. The van der Waals surface area contributed by atoms with Crippen LogP contribution in [0.4, 0.5) is 0 Å². The summed E-state index contributed by atoms with van der Waals surface area (Å²) in [6.45, 7) is 1.95. The van der Waals surface area contributed by atoms with Gasteiger partial charge in [-0.15, -0.1) is 11.8 Å². The molecule has 6 nitrogen and oxygen atoms in total. The van der Waals surface area contributed by atoms with Crippen molar-refractivity contribution in [2.75, 3.05) is 5.75 Å². The maximum atomic E-state index is 10.9. The largest absolute Gasteiger partial charge is 0.744 e. The van der Waals surface area contributed by atoms with E-state index in [4.69, 9.17) is 0 Å². The highest BCUT2D eigenvalue weighted by Crippen LogP contribution is 2.29. The van der Waals surface area contributed by atoms with Crippen LogP contribution in [0, 0.1) is 0 Å². The lowest BCUT2D eigenvalue weighted by atomic mass is 10.3. The molecule has 0 aliphatic rings. The van der Waals surface area contributed by atoms with Crippen molar-refractivity contribution in [3.63, 3.8) is 0 Å². The molecule has 1 aromatic carbocycles. The third-order valence-electron chi connectivity index (χ3n) is 1.91. The second-order valence-electron chi connectivity index (χ2n) is 2.91. The van der Waals surface area contributed by atoms with Crippen molar-refractivity contribution < 1.29 is 17.6 Å². The molecule has 0 unspecified atom stereocenters. The first-order valence-electron chi connectivity index (χ1n) is 4.38. The molecular formula is C8H7N2O4S2-. The summed E-state index contributed by atoms with van der Waals surface area (Å²) in [5.41, 5.74) is 0.303. The molecule has 1 heterocycles. The number of fused-ring (bicyclic) bond motifs is 1. The summed E-state index contributed by atoms with van der Waals surface area (Å²) in [5, 5.41) is 7.05. The van der Waals surface area contributed by atoms with Gasteiger partial charge in [0.15, 0.2) is 5.52 Å². The van der Waals surface area contributed by atoms with Crippen molar-refractivity contribution in [1.29, 1.82) is 0 Å². The number of rotatable bonds is 3. The molecule has 0 aliphatic heterocycles. The van der Waals surface area contributed by atoms with E-state index >= 15 is 0 Å². The minimum Gasteiger partial charge on any atom is -0.744 e. The normalized spacial score (nSPS) is 12.1. The first kappa shape index (κ1) is 11.4. The molecule has 2 aromatic rings. The Kier molecular flexibility index (Phi) is 2.87. The zero-order chi connectivity index (χ0) is 11.8. The van der Waals surface area contributed by atoms with E-state index in [-0.39, 0.29) is 5.52 Å². The van der Waals surface area contributed by atoms with E-state index in [0.717, 1.165) is 10.6 Å². The molecule has 0 N–H and O–H groups in total. The first-order chi connectivity index (χ1) is 7.54. The standard InChI is InChI=1S/C8H8N2O4S2/c1-2-15-5-3-4-6(16(11,12)13)8-7(5)9-14-10-8/h3-4H,2H2,1H3,(H,11,12,13)/p-1. The molecule has 86 valence electrons. The van der Waals surface area contributed by atoms with Crippen LogP contribution in [0.25, 0.3) is 11.0 Å². The Hall–Kier alpha value is -1.12. The van der Waals surface area contributed by atoms with Crippen LogP contribution < -0.4 is 0 Å². The Morgan fingerprint density at radius 3 is 2.69 bits per heavy atom. The summed E-state index contributed by atoms with van der Waals surface area (Å²) in [6.07, 6.45) is 0. The van der Waals surface area contributed by atoms with E-state index < -0.39 is 15.0 Å². The van der Waals surface area contributed by atoms with Gasteiger partial charge in [-0.2, -0.15) is 0 Å². The fourth-order valence-electron chi connectivity index (χ4n) is 1.29. The Balaban J connectivity index is 2.74. The van der Waals surface area contributed by atoms with Crippen LogP contribution in [0.5, 0.6) is 0 Å². The molecule has 0 amide bonds. The molecule has 0 radical (unpaired) electrons. The van der Waals surface area contributed by atoms with Crippen LogP contribution in [0.3, 0.4) is 0 Å². The number of benzene rings is 1. The number of aromatic nitrogens is 2. The zero-order valence-electron chi connectivity index (χ0n) is 8.21. The van der Waals surface area contributed by atoms with Crippen LogP contribution in [-0.2, 0) is 10.1 Å². The molecule has 8 heteroatoms. The van der Waals surface area contributed by atoms with Gasteiger partial charge in [-0.25, -0.2) is 13.0 Å². The highest BCUT2D eigenvalue weighted by molar-refractivity contribution is 7.99. The van der Waals surface area contributed by atoms with Crippen LogP contribution in [-0.4, -0.2) is 29.0 Å². The van der Waals surface area contributed by atoms with Gasteiger partial charge in [-0.1, -0.05) is 6.92 Å². The summed E-state index contributed by atoms with van der Waals surface area (Å²) in [5.74, 6) is 0.797. The molecule has 0 spiro atoms. The molecule has 1 aromatic heterocycles. The van der Waals surface area contributed by atoms with Gasteiger partial charge in [-0.05, 0) is 28.2 Å². The van der Waals surface area contributed by atoms with E-state index in [9.17, 15) is 13.0 Å². The summed E-state index contributed by atoms with van der Waals surface area (Å²) < 4.78 is 37.3. The lowest BCUT2D eigenvalue weighted by Gasteiger charge is -2.07. The van der Waals surface area contributed by atoms with Gasteiger partial charge in [0.1, 0.15) is 15.6 Å². The third kappa shape index (κ3) is 1.91. The topological polar surface area (TPSA) is 96.1 Å². The number of thioether (sulfide) groups is 1. The smallest absolute Gasteiger partial charge is 0.153 e. The van der Waals surface area contributed by atoms with Gasteiger partial charge in [0.25, 0.3) is 0 Å². The molecular weight excluding hydrogens is 252 g/mol. The summed E-state index contributed by atoms with van der Waals surface area (Å²) in [6, 6.07) is 2.76. The van der Waals surface area contributed by atoms with Gasteiger partial charge >= 0.3 is 0 Å². The summed E-state index contributed by atoms with van der Waals surface area (Å²) >= 11 is 1.47. The molecule has 0 saturated carbocycles. The first-order valence-corrected chi connectivity index (χ1v) is 6.77. The highest BCUT2D eigenvalue weighted by atomic mass is 32.2. The van der Waals surface area contributed by atoms with Gasteiger partial charge in [0.2, 0.25) is 0 Å². The predicted octanol–water partition coefficient (Wildman–Crippen LogP) is 1.24. The SMILES string of the molecule is CCSc1ccc(S(=O)(=O)[O-])c2nonc12. The molecule has 0 fully saturated rings. The van der Waals surface area contributed by atoms with E-state index in [1.807, 2.05) is 6.92 Å². The Bertz CT molecular complexity index is 620. The molecule has 2 rings (SSSR count). The number of hydrogen-bond acceptors (Lipinski definition) is 7. The lowest BCUT2D eigenvalue weighted by Crippen LogP contribution is -1.99. The molecule has 0 aliphatic carbocycles. The van der Waals surface area contributed by atoms with E-state index in [1.165, 1.54) is 23.9 Å². The van der Waals surface area contributed by atoms with Crippen LogP contribution in [0.2, 0.25) is 0 Å². The van der Waals surface area contributed by atoms with E-state index in [1.54, 1.807) is 0 Å². The van der Waals surface area contributed by atoms with Gasteiger partial charge in [0, 0.05) is 4.90 Å². The predicted molar refractivity (Wildman–Crippen MR) is 56.2 cm³/mol. The molecule has 0 atom stereocenters. The maximum Gasteiger partial charge on any atom is 0.153 e.